The monoisotopic (exact) mass is 258 g/mol. The largest absolute Gasteiger partial charge is 0.481 e. The van der Waals surface area contributed by atoms with Gasteiger partial charge in [0.05, 0.1) is 0 Å². The summed E-state index contributed by atoms with van der Waals surface area (Å²) in [5, 5.41) is 16.2. The molecule has 0 heterocycles. The zero-order valence-electron chi connectivity index (χ0n) is 11.6. The molecule has 0 rings (SSSR count). The van der Waals surface area contributed by atoms with Gasteiger partial charge in [-0.2, -0.15) is 0 Å². The molecule has 0 aliphatic rings. The fraction of sp³-hybridized carbons (Fsp3) is 0.714. The Labute approximate surface area is 110 Å². The Kier molecular flexibility index (Phi) is 14.5. The van der Waals surface area contributed by atoms with E-state index in [0.717, 1.165) is 12.8 Å². The van der Waals surface area contributed by atoms with Crippen molar-refractivity contribution in [1.82, 2.24) is 0 Å². The molecule has 0 aliphatic carbocycles. The summed E-state index contributed by atoms with van der Waals surface area (Å²) in [6.45, 7) is 6.80. The highest BCUT2D eigenvalue weighted by atomic mass is 16.4. The van der Waals surface area contributed by atoms with Gasteiger partial charge in [0.1, 0.15) is 0 Å². The molecule has 18 heavy (non-hydrogen) atoms. The Morgan fingerprint density at radius 2 is 1.33 bits per heavy atom. The molecule has 0 radical (unpaired) electrons. The van der Waals surface area contributed by atoms with Crippen molar-refractivity contribution >= 4 is 11.9 Å². The summed E-state index contributed by atoms with van der Waals surface area (Å²) in [4.78, 5) is 19.7. The van der Waals surface area contributed by atoms with Crippen LogP contribution in [0.1, 0.15) is 65.2 Å². The molecule has 4 nitrogen and oxygen atoms in total. The van der Waals surface area contributed by atoms with Gasteiger partial charge in [0.2, 0.25) is 0 Å². The average molecular weight is 258 g/mol. The van der Waals surface area contributed by atoms with Crippen LogP contribution in [0.3, 0.4) is 0 Å². The molecule has 0 saturated heterocycles. The molecule has 4 heteroatoms. The highest BCUT2D eigenvalue weighted by molar-refractivity contribution is 5.84. The lowest BCUT2D eigenvalue weighted by atomic mass is 10.1. The zero-order chi connectivity index (χ0) is 14.4. The predicted octanol–water partition coefficient (Wildman–Crippen LogP) is 3.86. The summed E-state index contributed by atoms with van der Waals surface area (Å²) in [7, 11) is 0. The van der Waals surface area contributed by atoms with Gasteiger partial charge in [-0.15, -0.1) is 0 Å². The Hall–Kier alpha value is -1.32. The highest BCUT2D eigenvalue weighted by Crippen LogP contribution is 2.07. The van der Waals surface area contributed by atoms with Crippen LogP contribution in [0.15, 0.2) is 12.2 Å². The van der Waals surface area contributed by atoms with Crippen molar-refractivity contribution in [3.63, 3.8) is 0 Å². The first-order chi connectivity index (χ1) is 8.41. The smallest absolute Gasteiger partial charge is 0.330 e. The first-order valence-electron chi connectivity index (χ1n) is 6.52. The van der Waals surface area contributed by atoms with Gasteiger partial charge in [-0.05, 0) is 13.3 Å². The fourth-order valence-corrected chi connectivity index (χ4v) is 1.23. The molecule has 0 fully saturated rings. The normalized spacial score (nSPS) is 9.22. The van der Waals surface area contributed by atoms with Crippen LogP contribution in [-0.2, 0) is 9.59 Å². The number of aliphatic carboxylic acids is 2. The Balaban J connectivity index is 0. The van der Waals surface area contributed by atoms with E-state index in [1.54, 1.807) is 0 Å². The Bertz CT molecular complexity index is 234. The summed E-state index contributed by atoms with van der Waals surface area (Å²) in [6, 6.07) is 0. The summed E-state index contributed by atoms with van der Waals surface area (Å²) in [5.41, 5.74) is 0.176. The van der Waals surface area contributed by atoms with Crippen LogP contribution in [0.5, 0.6) is 0 Å². The van der Waals surface area contributed by atoms with Crippen molar-refractivity contribution in [2.45, 2.75) is 65.2 Å². The summed E-state index contributed by atoms with van der Waals surface area (Å²) >= 11 is 0. The Morgan fingerprint density at radius 1 is 0.944 bits per heavy atom. The zero-order valence-corrected chi connectivity index (χ0v) is 11.6. The minimum atomic E-state index is -0.935. The number of carbonyl (C=O) groups is 2. The van der Waals surface area contributed by atoms with Crippen molar-refractivity contribution in [2.24, 2.45) is 0 Å². The maximum absolute atomic E-state index is 10.1. The van der Waals surface area contributed by atoms with Gasteiger partial charge in [0.15, 0.2) is 0 Å². The van der Waals surface area contributed by atoms with Gasteiger partial charge in [-0.1, -0.05) is 52.0 Å². The lowest BCUT2D eigenvalue weighted by Crippen LogP contribution is -1.93. The topological polar surface area (TPSA) is 74.6 Å². The highest BCUT2D eigenvalue weighted by Gasteiger charge is 1.95. The van der Waals surface area contributed by atoms with Crippen LogP contribution >= 0.6 is 0 Å². The lowest BCUT2D eigenvalue weighted by Gasteiger charge is -1.98. The third kappa shape index (κ3) is 20.1. The molecular weight excluding hydrogens is 232 g/mol. The van der Waals surface area contributed by atoms with E-state index in [0.29, 0.717) is 6.42 Å². The van der Waals surface area contributed by atoms with Gasteiger partial charge in [-0.25, -0.2) is 4.79 Å². The van der Waals surface area contributed by atoms with Gasteiger partial charge in [0.25, 0.3) is 0 Å². The van der Waals surface area contributed by atoms with Gasteiger partial charge in [0, 0.05) is 12.0 Å². The molecule has 0 bridgehead atoms. The van der Waals surface area contributed by atoms with Crippen LogP contribution in [0.4, 0.5) is 0 Å². The molecular formula is C14H26O4. The first-order valence-corrected chi connectivity index (χ1v) is 6.52. The molecule has 106 valence electrons. The lowest BCUT2D eigenvalue weighted by molar-refractivity contribution is -0.137. The van der Waals surface area contributed by atoms with E-state index < -0.39 is 11.9 Å². The van der Waals surface area contributed by atoms with E-state index in [1.165, 1.54) is 39.0 Å². The summed E-state index contributed by atoms with van der Waals surface area (Å²) in [6.07, 6.45) is 8.64. The molecule has 0 aliphatic heterocycles. The molecule has 0 aromatic rings. The van der Waals surface area contributed by atoms with E-state index in [2.05, 4.69) is 13.5 Å². The van der Waals surface area contributed by atoms with E-state index in [9.17, 15) is 9.59 Å². The summed E-state index contributed by atoms with van der Waals surface area (Å²) in [5.74, 6) is -1.60. The number of carboxylic acids is 2. The number of unbranched alkanes of at least 4 members (excludes halogenated alkanes) is 6. The molecule has 0 saturated carbocycles. The van der Waals surface area contributed by atoms with Crippen LogP contribution in [0.2, 0.25) is 0 Å². The standard InChI is InChI=1S/C10H20O2.C4H6O2/c1-2-3-4-5-6-7-8-9-10(11)12;1-3(2)4(5)6/h2-9H2,1H3,(H,11,12);1H2,2H3,(H,5,6). The second kappa shape index (κ2) is 13.7. The van der Waals surface area contributed by atoms with Crippen molar-refractivity contribution in [2.75, 3.05) is 0 Å². The van der Waals surface area contributed by atoms with Crippen LogP contribution < -0.4 is 0 Å². The van der Waals surface area contributed by atoms with E-state index >= 15 is 0 Å². The number of hydrogen-bond acceptors (Lipinski definition) is 2. The number of hydrogen-bond donors (Lipinski definition) is 2. The molecule has 0 aromatic carbocycles. The third-order valence-electron chi connectivity index (χ3n) is 2.36. The molecule has 0 atom stereocenters. The first kappa shape index (κ1) is 19.0. The van der Waals surface area contributed by atoms with Gasteiger partial charge < -0.3 is 10.2 Å². The van der Waals surface area contributed by atoms with Crippen LogP contribution in [0.25, 0.3) is 0 Å². The second-order valence-electron chi connectivity index (χ2n) is 4.35. The van der Waals surface area contributed by atoms with E-state index in [1.807, 2.05) is 0 Å². The SMILES string of the molecule is C=C(C)C(=O)O.CCCCCCCCCC(=O)O. The molecule has 0 unspecified atom stereocenters. The molecule has 0 spiro atoms. The summed E-state index contributed by atoms with van der Waals surface area (Å²) < 4.78 is 0. The maximum atomic E-state index is 10.1. The van der Waals surface area contributed by atoms with Crippen molar-refractivity contribution in [3.05, 3.63) is 12.2 Å². The van der Waals surface area contributed by atoms with Crippen molar-refractivity contribution in [1.29, 1.82) is 0 Å². The second-order valence-corrected chi connectivity index (χ2v) is 4.35. The number of carboxylic acid groups (broad SMARTS) is 2. The van der Waals surface area contributed by atoms with Crippen molar-refractivity contribution in [3.8, 4) is 0 Å². The number of rotatable bonds is 9. The third-order valence-corrected chi connectivity index (χ3v) is 2.36. The van der Waals surface area contributed by atoms with E-state index in [-0.39, 0.29) is 5.57 Å². The van der Waals surface area contributed by atoms with Crippen LogP contribution in [-0.4, -0.2) is 22.2 Å². The molecule has 0 aromatic heterocycles. The molecule has 2 N–H and O–H groups in total. The predicted molar refractivity (Wildman–Crippen MR) is 72.7 cm³/mol. The van der Waals surface area contributed by atoms with Gasteiger partial charge >= 0.3 is 11.9 Å². The van der Waals surface area contributed by atoms with Crippen LogP contribution in [0, 0.1) is 0 Å². The Morgan fingerprint density at radius 3 is 1.67 bits per heavy atom. The maximum Gasteiger partial charge on any atom is 0.330 e. The average Bonchev–Trinajstić information content (AvgIpc) is 2.28. The van der Waals surface area contributed by atoms with E-state index in [4.69, 9.17) is 10.2 Å². The van der Waals surface area contributed by atoms with Gasteiger partial charge in [-0.3, -0.25) is 4.79 Å². The quantitative estimate of drug-likeness (QED) is 0.486. The minimum absolute atomic E-state index is 0.176. The minimum Gasteiger partial charge on any atom is -0.481 e. The molecule has 0 amide bonds. The van der Waals surface area contributed by atoms with Crippen molar-refractivity contribution < 1.29 is 19.8 Å². The fourth-order valence-electron chi connectivity index (χ4n) is 1.23.